The van der Waals surface area contributed by atoms with E-state index in [1.807, 2.05) is 0 Å². The van der Waals surface area contributed by atoms with Crippen LogP contribution in [-0.2, 0) is 0 Å². The first-order chi connectivity index (χ1) is 6.02. The quantitative estimate of drug-likeness (QED) is 0.605. The Morgan fingerprint density at radius 3 is 2.15 bits per heavy atom. The van der Waals surface area contributed by atoms with Crippen LogP contribution in [0.5, 0.6) is 0 Å². The van der Waals surface area contributed by atoms with Gasteiger partial charge >= 0.3 is 0 Å². The molecular formula is C12H23N. The van der Waals surface area contributed by atoms with Gasteiger partial charge in [-0.15, -0.1) is 0 Å². The van der Waals surface area contributed by atoms with Crippen molar-refractivity contribution in [3.8, 4) is 0 Å². The van der Waals surface area contributed by atoms with Crippen LogP contribution in [0.4, 0.5) is 0 Å². The van der Waals surface area contributed by atoms with Gasteiger partial charge in [0.15, 0.2) is 0 Å². The third-order valence-corrected chi connectivity index (χ3v) is 4.00. The summed E-state index contributed by atoms with van der Waals surface area (Å²) in [6.07, 6.45) is 8.57. The number of hydrogen-bond donors (Lipinski definition) is 1. The second-order valence-corrected chi connectivity index (χ2v) is 6.09. The maximum atomic E-state index is 3.91. The first-order valence-corrected chi connectivity index (χ1v) is 5.80. The number of nitrogens with one attached hydrogen (secondary N) is 1. The smallest absolute Gasteiger partial charge is 0.0184 e. The second-order valence-electron chi connectivity index (χ2n) is 6.09. The molecule has 2 fully saturated rings. The van der Waals surface area contributed by atoms with Crippen LogP contribution in [0, 0.1) is 5.41 Å². The van der Waals surface area contributed by atoms with E-state index in [4.69, 9.17) is 0 Å². The van der Waals surface area contributed by atoms with Gasteiger partial charge in [-0.2, -0.15) is 0 Å². The SMILES string of the molecule is CC(C)(C)C1CCC2(CCCC2)N1. The average molecular weight is 181 g/mol. The van der Waals surface area contributed by atoms with E-state index in [1.165, 1.54) is 38.5 Å². The molecule has 1 N–H and O–H groups in total. The predicted molar refractivity (Wildman–Crippen MR) is 56.8 cm³/mol. The van der Waals surface area contributed by atoms with Crippen molar-refractivity contribution in [1.29, 1.82) is 0 Å². The lowest BCUT2D eigenvalue weighted by atomic mass is 9.86. The third kappa shape index (κ3) is 1.76. The molecule has 1 saturated heterocycles. The van der Waals surface area contributed by atoms with E-state index in [9.17, 15) is 0 Å². The highest BCUT2D eigenvalue weighted by atomic mass is 15.1. The largest absolute Gasteiger partial charge is 0.308 e. The fourth-order valence-corrected chi connectivity index (χ4v) is 3.03. The minimum Gasteiger partial charge on any atom is -0.308 e. The molecule has 1 aliphatic heterocycles. The van der Waals surface area contributed by atoms with Crippen molar-refractivity contribution < 1.29 is 0 Å². The molecule has 0 aromatic carbocycles. The fourth-order valence-electron chi connectivity index (χ4n) is 3.03. The molecule has 0 aromatic rings. The van der Waals surface area contributed by atoms with Crippen molar-refractivity contribution in [1.82, 2.24) is 5.32 Å². The van der Waals surface area contributed by atoms with Crippen molar-refractivity contribution >= 4 is 0 Å². The van der Waals surface area contributed by atoms with Crippen LogP contribution in [0.15, 0.2) is 0 Å². The van der Waals surface area contributed by atoms with E-state index in [1.54, 1.807) is 0 Å². The van der Waals surface area contributed by atoms with Gasteiger partial charge in [0.05, 0.1) is 0 Å². The molecule has 1 atom stereocenters. The van der Waals surface area contributed by atoms with Crippen molar-refractivity contribution in [2.24, 2.45) is 5.41 Å². The van der Waals surface area contributed by atoms with Gasteiger partial charge in [0, 0.05) is 11.6 Å². The lowest BCUT2D eigenvalue weighted by molar-refractivity contribution is 0.258. The van der Waals surface area contributed by atoms with Gasteiger partial charge in [-0.05, 0) is 31.1 Å². The average Bonchev–Trinajstić information content (AvgIpc) is 2.60. The molecule has 1 aliphatic carbocycles. The van der Waals surface area contributed by atoms with Crippen LogP contribution < -0.4 is 5.32 Å². The van der Waals surface area contributed by atoms with Gasteiger partial charge in [-0.1, -0.05) is 33.6 Å². The molecule has 1 heteroatoms. The highest BCUT2D eigenvalue weighted by molar-refractivity contribution is 5.03. The van der Waals surface area contributed by atoms with Crippen LogP contribution in [0.3, 0.4) is 0 Å². The highest BCUT2D eigenvalue weighted by Crippen LogP contribution is 2.42. The number of rotatable bonds is 0. The Kier molecular flexibility index (Phi) is 2.18. The highest BCUT2D eigenvalue weighted by Gasteiger charge is 2.43. The van der Waals surface area contributed by atoms with E-state index in [-0.39, 0.29) is 0 Å². The van der Waals surface area contributed by atoms with Gasteiger partial charge in [-0.25, -0.2) is 0 Å². The lowest BCUT2D eigenvalue weighted by Crippen LogP contribution is -2.45. The summed E-state index contributed by atoms with van der Waals surface area (Å²) in [6, 6.07) is 0.755. The second kappa shape index (κ2) is 2.98. The summed E-state index contributed by atoms with van der Waals surface area (Å²) in [5.74, 6) is 0. The Morgan fingerprint density at radius 1 is 1.08 bits per heavy atom. The Bertz CT molecular complexity index is 184. The van der Waals surface area contributed by atoms with Gasteiger partial charge in [0.25, 0.3) is 0 Å². The van der Waals surface area contributed by atoms with Crippen molar-refractivity contribution in [2.45, 2.75) is 70.9 Å². The monoisotopic (exact) mass is 181 g/mol. The van der Waals surface area contributed by atoms with E-state index in [0.29, 0.717) is 11.0 Å². The Morgan fingerprint density at radius 2 is 1.69 bits per heavy atom. The molecule has 2 rings (SSSR count). The molecular weight excluding hydrogens is 158 g/mol. The van der Waals surface area contributed by atoms with Crippen LogP contribution >= 0.6 is 0 Å². The van der Waals surface area contributed by atoms with Crippen molar-refractivity contribution in [3.63, 3.8) is 0 Å². The molecule has 0 bridgehead atoms. The first-order valence-electron chi connectivity index (χ1n) is 5.80. The van der Waals surface area contributed by atoms with E-state index < -0.39 is 0 Å². The Balaban J connectivity index is 2.01. The van der Waals surface area contributed by atoms with Gasteiger partial charge < -0.3 is 5.32 Å². The van der Waals surface area contributed by atoms with Gasteiger partial charge in [0.2, 0.25) is 0 Å². The Labute approximate surface area is 82.3 Å². The number of hydrogen-bond acceptors (Lipinski definition) is 1. The molecule has 1 unspecified atom stereocenters. The third-order valence-electron chi connectivity index (χ3n) is 4.00. The van der Waals surface area contributed by atoms with Crippen LogP contribution in [0.25, 0.3) is 0 Å². The summed E-state index contributed by atoms with van der Waals surface area (Å²) in [4.78, 5) is 0. The fraction of sp³-hybridized carbons (Fsp3) is 1.00. The van der Waals surface area contributed by atoms with Crippen LogP contribution in [0.1, 0.15) is 59.3 Å². The molecule has 1 heterocycles. The van der Waals surface area contributed by atoms with Crippen molar-refractivity contribution in [3.05, 3.63) is 0 Å². The summed E-state index contributed by atoms with van der Waals surface area (Å²) in [5, 5.41) is 3.91. The Hall–Kier alpha value is -0.0400. The molecule has 0 aromatic heterocycles. The summed E-state index contributed by atoms with van der Waals surface area (Å²) in [6.45, 7) is 7.08. The first kappa shape index (κ1) is 9.51. The topological polar surface area (TPSA) is 12.0 Å². The molecule has 13 heavy (non-hydrogen) atoms. The van der Waals surface area contributed by atoms with Gasteiger partial charge in [-0.3, -0.25) is 0 Å². The molecule has 1 saturated carbocycles. The molecule has 76 valence electrons. The van der Waals surface area contributed by atoms with Gasteiger partial charge in [0.1, 0.15) is 0 Å². The maximum Gasteiger partial charge on any atom is 0.0184 e. The maximum absolute atomic E-state index is 3.91. The summed E-state index contributed by atoms with van der Waals surface area (Å²) in [7, 11) is 0. The molecule has 2 aliphatic rings. The normalized spacial score (nSPS) is 33.0. The zero-order valence-corrected chi connectivity index (χ0v) is 9.32. The standard InChI is InChI=1S/C12H23N/c1-11(2,3)10-6-9-12(13-10)7-4-5-8-12/h10,13H,4-9H2,1-3H3. The minimum atomic E-state index is 0.450. The zero-order valence-electron chi connectivity index (χ0n) is 9.32. The minimum absolute atomic E-state index is 0.450. The molecule has 1 spiro atoms. The summed E-state index contributed by atoms with van der Waals surface area (Å²) >= 11 is 0. The van der Waals surface area contributed by atoms with E-state index >= 15 is 0 Å². The summed E-state index contributed by atoms with van der Waals surface area (Å²) in [5.41, 5.74) is 1.02. The zero-order chi connectivity index (χ0) is 9.53. The molecule has 1 nitrogen and oxygen atoms in total. The predicted octanol–water partition coefficient (Wildman–Crippen LogP) is 3.10. The molecule has 0 amide bonds. The van der Waals surface area contributed by atoms with Crippen LogP contribution in [-0.4, -0.2) is 11.6 Å². The summed E-state index contributed by atoms with van der Waals surface area (Å²) < 4.78 is 0. The lowest BCUT2D eigenvalue weighted by Gasteiger charge is -2.31. The molecule has 0 radical (unpaired) electrons. The van der Waals surface area contributed by atoms with E-state index in [0.717, 1.165) is 6.04 Å². The van der Waals surface area contributed by atoms with Crippen LogP contribution in [0.2, 0.25) is 0 Å². The van der Waals surface area contributed by atoms with E-state index in [2.05, 4.69) is 26.1 Å². The van der Waals surface area contributed by atoms with Crippen molar-refractivity contribution in [2.75, 3.05) is 0 Å².